The second-order valence-electron chi connectivity index (χ2n) is 11.4. The van der Waals surface area contributed by atoms with E-state index in [-0.39, 0.29) is 29.3 Å². The summed E-state index contributed by atoms with van der Waals surface area (Å²) in [4.78, 5) is 15.8. The summed E-state index contributed by atoms with van der Waals surface area (Å²) in [7, 11) is 0. The summed E-state index contributed by atoms with van der Waals surface area (Å²) in [5, 5.41) is 8.02. The summed E-state index contributed by atoms with van der Waals surface area (Å²) in [5.41, 5.74) is 0.288. The molecular weight excluding hydrogens is 418 g/mol. The minimum Gasteiger partial charge on any atom is -0.352 e. The predicted octanol–water partition coefficient (Wildman–Crippen LogP) is 5.34. The zero-order valence-corrected chi connectivity index (χ0v) is 21.8. The standard InChI is InChI=1S/C27H46ClN3O/c1-6-29-24-10-8-7-9-22(24)26(32)30-25(19(2)3)17-31-16-15-23(27(4,5)18-31)20-11-13-21(28)14-12-20/h7-8,13,19-20,22-25,29H,6,9-12,14-18H2,1-5H3,(H,30,32)/t20?,22?,23?,24?,25-/m0/s1. The fourth-order valence-electron chi connectivity index (χ4n) is 6.29. The molecule has 3 rings (SSSR count). The molecule has 32 heavy (non-hydrogen) atoms. The van der Waals surface area contributed by atoms with E-state index in [1.54, 1.807) is 0 Å². The Bertz CT molecular complexity index is 686. The van der Waals surface area contributed by atoms with Crippen LogP contribution in [0.1, 0.15) is 73.1 Å². The number of halogens is 1. The first-order valence-electron chi connectivity index (χ1n) is 13.0. The molecule has 3 aliphatic rings. The van der Waals surface area contributed by atoms with Crippen LogP contribution in [0.2, 0.25) is 0 Å². The molecule has 182 valence electrons. The number of rotatable bonds is 8. The minimum atomic E-state index is 0.0366. The van der Waals surface area contributed by atoms with Gasteiger partial charge in [-0.1, -0.05) is 64.4 Å². The molecule has 5 atom stereocenters. The van der Waals surface area contributed by atoms with Gasteiger partial charge in [-0.05, 0) is 74.8 Å². The van der Waals surface area contributed by atoms with Crippen LogP contribution in [0.15, 0.2) is 23.3 Å². The van der Waals surface area contributed by atoms with Crippen molar-refractivity contribution >= 4 is 17.5 Å². The predicted molar refractivity (Wildman–Crippen MR) is 136 cm³/mol. The van der Waals surface area contributed by atoms with Gasteiger partial charge >= 0.3 is 0 Å². The van der Waals surface area contributed by atoms with E-state index in [2.05, 4.69) is 68.4 Å². The maximum absolute atomic E-state index is 13.2. The number of hydrogen-bond acceptors (Lipinski definition) is 3. The maximum atomic E-state index is 13.2. The third kappa shape index (κ3) is 6.61. The molecule has 0 aromatic heterocycles. The summed E-state index contributed by atoms with van der Waals surface area (Å²) in [6.45, 7) is 15.6. The zero-order chi connectivity index (χ0) is 23.3. The number of nitrogens with one attached hydrogen (secondary N) is 2. The van der Waals surface area contributed by atoms with Gasteiger partial charge in [0.2, 0.25) is 5.91 Å². The number of likely N-dealkylation sites (tertiary alicyclic amines) is 1. The molecule has 0 aromatic carbocycles. The van der Waals surface area contributed by atoms with Crippen molar-refractivity contribution in [3.8, 4) is 0 Å². The van der Waals surface area contributed by atoms with Crippen molar-refractivity contribution in [1.29, 1.82) is 0 Å². The zero-order valence-electron chi connectivity index (χ0n) is 21.0. The second-order valence-corrected chi connectivity index (χ2v) is 11.9. The first-order valence-corrected chi connectivity index (χ1v) is 13.3. The molecule has 4 unspecified atom stereocenters. The van der Waals surface area contributed by atoms with Gasteiger partial charge in [0.25, 0.3) is 0 Å². The van der Waals surface area contributed by atoms with Crippen molar-refractivity contribution in [2.75, 3.05) is 26.2 Å². The van der Waals surface area contributed by atoms with Crippen molar-refractivity contribution in [3.05, 3.63) is 23.3 Å². The number of carbonyl (C=O) groups excluding carboxylic acids is 1. The van der Waals surface area contributed by atoms with Gasteiger partial charge in [0, 0.05) is 30.2 Å². The fourth-order valence-corrected chi connectivity index (χ4v) is 6.48. The molecule has 1 heterocycles. The van der Waals surface area contributed by atoms with Gasteiger partial charge in [-0.3, -0.25) is 4.79 Å². The Balaban J connectivity index is 1.58. The SMILES string of the molecule is CCNC1CC=CCC1C(=O)N[C@@H](CN1CCC(C2CC=C(Cl)CC2)C(C)(C)C1)C(C)C. The molecule has 2 N–H and O–H groups in total. The summed E-state index contributed by atoms with van der Waals surface area (Å²) in [6, 6.07) is 0.449. The average Bonchev–Trinajstić information content (AvgIpc) is 2.74. The van der Waals surface area contributed by atoms with Crippen molar-refractivity contribution < 1.29 is 4.79 Å². The number of piperidine rings is 1. The lowest BCUT2D eigenvalue weighted by molar-refractivity contribution is -0.127. The van der Waals surface area contributed by atoms with E-state index >= 15 is 0 Å². The van der Waals surface area contributed by atoms with E-state index in [0.717, 1.165) is 68.7 Å². The van der Waals surface area contributed by atoms with E-state index in [1.165, 1.54) is 12.8 Å². The van der Waals surface area contributed by atoms with Crippen molar-refractivity contribution in [1.82, 2.24) is 15.5 Å². The molecule has 0 aromatic rings. The van der Waals surface area contributed by atoms with E-state index in [1.807, 2.05) is 0 Å². The van der Waals surface area contributed by atoms with Gasteiger partial charge in [0.15, 0.2) is 0 Å². The maximum Gasteiger partial charge on any atom is 0.225 e. The summed E-state index contributed by atoms with van der Waals surface area (Å²) in [5.74, 6) is 2.19. The fraction of sp³-hybridized carbons (Fsp3) is 0.815. The molecule has 1 amide bonds. The quantitative estimate of drug-likeness (QED) is 0.477. The lowest BCUT2D eigenvalue weighted by Crippen LogP contribution is -2.55. The van der Waals surface area contributed by atoms with Crippen molar-refractivity contribution in [2.45, 2.75) is 85.2 Å². The number of allylic oxidation sites excluding steroid dienone is 3. The normalized spacial score (nSPS) is 31.9. The first-order chi connectivity index (χ1) is 15.2. The van der Waals surface area contributed by atoms with Crippen LogP contribution in [0.25, 0.3) is 0 Å². The smallest absolute Gasteiger partial charge is 0.225 e. The highest BCUT2D eigenvalue weighted by atomic mass is 35.5. The highest BCUT2D eigenvalue weighted by Crippen LogP contribution is 2.45. The number of hydrogen-bond donors (Lipinski definition) is 2. The Hall–Kier alpha value is -0.840. The molecule has 1 fully saturated rings. The van der Waals surface area contributed by atoms with Crippen LogP contribution in [0.5, 0.6) is 0 Å². The average molecular weight is 464 g/mol. The Morgan fingerprint density at radius 3 is 2.59 bits per heavy atom. The van der Waals surface area contributed by atoms with Gasteiger partial charge in [0.1, 0.15) is 0 Å². The minimum absolute atomic E-state index is 0.0366. The summed E-state index contributed by atoms with van der Waals surface area (Å²) >= 11 is 6.24. The molecule has 5 heteroatoms. The second kappa shape index (κ2) is 11.5. The van der Waals surface area contributed by atoms with Crippen molar-refractivity contribution in [3.63, 3.8) is 0 Å². The molecule has 2 aliphatic carbocycles. The monoisotopic (exact) mass is 463 g/mol. The van der Waals surface area contributed by atoms with Crippen molar-refractivity contribution in [2.24, 2.45) is 29.1 Å². The number of carbonyl (C=O) groups is 1. The van der Waals surface area contributed by atoms with Crippen LogP contribution in [-0.2, 0) is 4.79 Å². The molecule has 4 nitrogen and oxygen atoms in total. The molecule has 0 spiro atoms. The first kappa shape index (κ1) is 25.8. The summed E-state index contributed by atoms with van der Waals surface area (Å²) < 4.78 is 0. The van der Waals surface area contributed by atoms with Gasteiger partial charge in [0.05, 0.1) is 5.92 Å². The third-order valence-corrected chi connectivity index (χ3v) is 8.52. The van der Waals surface area contributed by atoms with E-state index in [0.29, 0.717) is 5.92 Å². The van der Waals surface area contributed by atoms with E-state index < -0.39 is 0 Å². The van der Waals surface area contributed by atoms with Crippen LogP contribution in [-0.4, -0.2) is 49.1 Å². The Labute approximate surface area is 201 Å². The highest BCUT2D eigenvalue weighted by Gasteiger charge is 2.41. The van der Waals surface area contributed by atoms with Gasteiger partial charge in [-0.15, -0.1) is 0 Å². The van der Waals surface area contributed by atoms with Gasteiger partial charge in [-0.2, -0.15) is 0 Å². The van der Waals surface area contributed by atoms with Crippen LogP contribution in [0.3, 0.4) is 0 Å². The molecule has 0 saturated carbocycles. The largest absolute Gasteiger partial charge is 0.352 e. The number of amides is 1. The molecule has 1 aliphatic heterocycles. The van der Waals surface area contributed by atoms with Crippen LogP contribution >= 0.6 is 11.6 Å². The Morgan fingerprint density at radius 2 is 1.97 bits per heavy atom. The van der Waals surface area contributed by atoms with Crippen LogP contribution in [0, 0.1) is 29.1 Å². The van der Waals surface area contributed by atoms with E-state index in [9.17, 15) is 4.79 Å². The van der Waals surface area contributed by atoms with Crippen LogP contribution in [0.4, 0.5) is 0 Å². The Kier molecular flexibility index (Phi) is 9.29. The Morgan fingerprint density at radius 1 is 1.22 bits per heavy atom. The van der Waals surface area contributed by atoms with Gasteiger partial charge in [-0.25, -0.2) is 0 Å². The highest BCUT2D eigenvalue weighted by molar-refractivity contribution is 6.29. The summed E-state index contributed by atoms with van der Waals surface area (Å²) in [6.07, 6.45) is 13.1. The molecular formula is C27H46ClN3O. The molecule has 1 saturated heterocycles. The van der Waals surface area contributed by atoms with Crippen LogP contribution < -0.4 is 10.6 Å². The molecule has 0 radical (unpaired) electrons. The van der Waals surface area contributed by atoms with E-state index in [4.69, 9.17) is 11.6 Å². The lowest BCUT2D eigenvalue weighted by Gasteiger charge is -2.49. The van der Waals surface area contributed by atoms with Gasteiger partial charge < -0.3 is 15.5 Å². The topological polar surface area (TPSA) is 44.4 Å². The number of nitrogens with zero attached hydrogens (tertiary/aromatic N) is 1. The third-order valence-electron chi connectivity index (χ3n) is 8.18. The lowest BCUT2D eigenvalue weighted by atomic mass is 9.65. The molecule has 0 bridgehead atoms.